The molecular formula is C37H45N5O2. The lowest BCUT2D eigenvalue weighted by molar-refractivity contribution is -0.137. The number of piperidine rings is 1. The van der Waals surface area contributed by atoms with Crippen LogP contribution >= 0.6 is 0 Å². The van der Waals surface area contributed by atoms with Crippen LogP contribution in [0.2, 0.25) is 0 Å². The number of carbonyl (C=O) groups is 2. The first-order valence-electron chi connectivity index (χ1n) is 15.6. The second-order valence-corrected chi connectivity index (χ2v) is 13.6. The molecule has 2 heterocycles. The Hall–Kier alpha value is -4.39. The number of nitrogens with one attached hydrogen (secondary N) is 2. The standard InChI is InChI=1S/C37H45N5O2/c1-26-15-17-31(18-16-26)42-33(25-32(40-42)36(2,3)4)39-35(44)38-30-14-10-11-28(24-30)23-27-19-21-41(22-20-27)34(43)37(5,6)29-12-8-7-9-13-29/h7-18,24-25,27H,19-23H2,1-6H3,(H2,38,39,44). The van der Waals surface area contributed by atoms with E-state index in [0.29, 0.717) is 11.7 Å². The van der Waals surface area contributed by atoms with Crippen LogP contribution in [0.25, 0.3) is 5.69 Å². The molecule has 0 atom stereocenters. The topological polar surface area (TPSA) is 79.3 Å². The van der Waals surface area contributed by atoms with Gasteiger partial charge in [-0.2, -0.15) is 5.10 Å². The zero-order valence-corrected chi connectivity index (χ0v) is 26.9. The molecule has 0 saturated carbocycles. The number of urea groups is 1. The molecular weight excluding hydrogens is 546 g/mol. The van der Waals surface area contributed by atoms with E-state index in [0.717, 1.165) is 60.5 Å². The Morgan fingerprint density at radius 1 is 0.841 bits per heavy atom. The summed E-state index contributed by atoms with van der Waals surface area (Å²) in [4.78, 5) is 28.6. The van der Waals surface area contributed by atoms with Gasteiger partial charge in [-0.1, -0.05) is 80.9 Å². The molecule has 4 aromatic rings. The van der Waals surface area contributed by atoms with Crippen molar-refractivity contribution in [3.63, 3.8) is 0 Å². The predicted molar refractivity (Wildman–Crippen MR) is 179 cm³/mol. The van der Waals surface area contributed by atoms with Gasteiger partial charge in [0.15, 0.2) is 0 Å². The number of amides is 3. The molecule has 7 nitrogen and oxygen atoms in total. The van der Waals surface area contributed by atoms with Gasteiger partial charge in [0.25, 0.3) is 0 Å². The molecule has 1 aliphatic heterocycles. The van der Waals surface area contributed by atoms with Crippen molar-refractivity contribution in [3.8, 4) is 5.69 Å². The Balaban J connectivity index is 1.19. The summed E-state index contributed by atoms with van der Waals surface area (Å²) in [5.41, 5.74) is 5.21. The zero-order chi connectivity index (χ0) is 31.5. The van der Waals surface area contributed by atoms with Crippen molar-refractivity contribution in [1.82, 2.24) is 14.7 Å². The van der Waals surface area contributed by atoms with Gasteiger partial charge < -0.3 is 10.2 Å². The summed E-state index contributed by atoms with van der Waals surface area (Å²) >= 11 is 0. The third kappa shape index (κ3) is 7.21. The summed E-state index contributed by atoms with van der Waals surface area (Å²) in [7, 11) is 0. The maximum atomic E-state index is 13.4. The fourth-order valence-corrected chi connectivity index (χ4v) is 5.82. The van der Waals surface area contributed by atoms with Crippen molar-refractivity contribution in [2.24, 2.45) is 5.92 Å². The molecule has 1 aliphatic rings. The fourth-order valence-electron chi connectivity index (χ4n) is 5.82. The highest BCUT2D eigenvalue weighted by Crippen LogP contribution is 2.30. The number of aromatic nitrogens is 2. The molecule has 5 rings (SSSR count). The number of rotatable bonds is 7. The Labute approximate surface area is 261 Å². The van der Waals surface area contributed by atoms with E-state index in [2.05, 4.69) is 37.5 Å². The molecule has 0 spiro atoms. The largest absolute Gasteiger partial charge is 0.342 e. The summed E-state index contributed by atoms with van der Waals surface area (Å²) in [6.45, 7) is 13.9. The van der Waals surface area contributed by atoms with Crippen molar-refractivity contribution < 1.29 is 9.59 Å². The first kappa shape index (κ1) is 31.0. The number of hydrogen-bond acceptors (Lipinski definition) is 3. The van der Waals surface area contributed by atoms with Crippen LogP contribution in [0.1, 0.15) is 69.8 Å². The quantitative estimate of drug-likeness (QED) is 0.229. The summed E-state index contributed by atoms with van der Waals surface area (Å²) < 4.78 is 1.79. The highest BCUT2D eigenvalue weighted by Gasteiger charge is 2.35. The number of benzene rings is 3. The monoisotopic (exact) mass is 591 g/mol. The smallest absolute Gasteiger partial charge is 0.324 e. The molecule has 44 heavy (non-hydrogen) atoms. The van der Waals surface area contributed by atoms with Crippen molar-refractivity contribution in [2.45, 2.75) is 71.6 Å². The van der Waals surface area contributed by atoms with E-state index in [4.69, 9.17) is 5.10 Å². The summed E-state index contributed by atoms with van der Waals surface area (Å²) in [5, 5.41) is 10.8. The number of nitrogens with zero attached hydrogens (tertiary/aromatic N) is 3. The molecule has 0 bridgehead atoms. The molecule has 3 amide bonds. The van der Waals surface area contributed by atoms with E-state index in [1.165, 1.54) is 5.56 Å². The van der Waals surface area contributed by atoms with Crippen LogP contribution < -0.4 is 10.6 Å². The van der Waals surface area contributed by atoms with Crippen LogP contribution in [0, 0.1) is 12.8 Å². The van der Waals surface area contributed by atoms with Crippen molar-refractivity contribution in [1.29, 1.82) is 0 Å². The lowest BCUT2D eigenvalue weighted by Crippen LogP contribution is -2.47. The minimum absolute atomic E-state index is 0.168. The predicted octanol–water partition coefficient (Wildman–Crippen LogP) is 7.88. The second-order valence-electron chi connectivity index (χ2n) is 13.6. The van der Waals surface area contributed by atoms with Crippen LogP contribution in [0.4, 0.5) is 16.3 Å². The average Bonchev–Trinajstić information content (AvgIpc) is 3.42. The molecule has 230 valence electrons. The van der Waals surface area contributed by atoms with Crippen molar-refractivity contribution in [3.05, 3.63) is 107 Å². The normalized spacial score (nSPS) is 14.4. The summed E-state index contributed by atoms with van der Waals surface area (Å²) in [6.07, 6.45) is 2.85. The van der Waals surface area contributed by atoms with Gasteiger partial charge in [0.05, 0.1) is 16.8 Å². The highest BCUT2D eigenvalue weighted by atomic mass is 16.2. The first-order valence-corrected chi connectivity index (χ1v) is 15.6. The van der Waals surface area contributed by atoms with Crippen LogP contribution in [-0.2, 0) is 22.0 Å². The minimum atomic E-state index is -0.541. The maximum Gasteiger partial charge on any atom is 0.324 e. The first-order chi connectivity index (χ1) is 20.9. The molecule has 2 N–H and O–H groups in total. The SMILES string of the molecule is Cc1ccc(-n2nc(C(C)(C)C)cc2NC(=O)Nc2cccc(CC3CCN(C(=O)C(C)(C)c4ccccc4)CC3)c2)cc1. The van der Waals surface area contributed by atoms with Gasteiger partial charge in [-0.3, -0.25) is 10.1 Å². The summed E-state index contributed by atoms with van der Waals surface area (Å²) in [6, 6.07) is 27.8. The molecule has 1 fully saturated rings. The van der Waals surface area contributed by atoms with Crippen molar-refractivity contribution in [2.75, 3.05) is 23.7 Å². The zero-order valence-electron chi connectivity index (χ0n) is 26.9. The summed E-state index contributed by atoms with van der Waals surface area (Å²) in [5.74, 6) is 1.30. The van der Waals surface area contributed by atoms with Crippen LogP contribution in [-0.4, -0.2) is 39.7 Å². The number of likely N-dealkylation sites (tertiary alicyclic amines) is 1. The average molecular weight is 592 g/mol. The minimum Gasteiger partial charge on any atom is -0.342 e. The van der Waals surface area contributed by atoms with Crippen LogP contribution in [0.15, 0.2) is 84.9 Å². The Kier molecular flexibility index (Phi) is 8.95. The van der Waals surface area contributed by atoms with E-state index in [1.54, 1.807) is 4.68 Å². The van der Waals surface area contributed by atoms with E-state index in [9.17, 15) is 9.59 Å². The molecule has 0 aliphatic carbocycles. The van der Waals surface area contributed by atoms with Crippen LogP contribution in [0.5, 0.6) is 0 Å². The van der Waals surface area contributed by atoms with Gasteiger partial charge in [0.2, 0.25) is 5.91 Å². The number of anilines is 2. The molecule has 0 radical (unpaired) electrons. The Bertz CT molecular complexity index is 1590. The van der Waals surface area contributed by atoms with Gasteiger partial charge in [-0.05, 0) is 81.3 Å². The van der Waals surface area contributed by atoms with Crippen molar-refractivity contribution >= 4 is 23.4 Å². The number of carbonyl (C=O) groups excluding carboxylic acids is 2. The van der Waals surface area contributed by atoms with Gasteiger partial charge in [-0.15, -0.1) is 0 Å². The van der Waals surface area contributed by atoms with Gasteiger partial charge >= 0.3 is 6.03 Å². The van der Waals surface area contributed by atoms with Gasteiger partial charge in [-0.25, -0.2) is 9.48 Å². The maximum absolute atomic E-state index is 13.4. The molecule has 1 aromatic heterocycles. The second kappa shape index (κ2) is 12.7. The Morgan fingerprint density at radius 2 is 1.52 bits per heavy atom. The molecule has 7 heteroatoms. The van der Waals surface area contributed by atoms with Crippen LogP contribution in [0.3, 0.4) is 0 Å². The Morgan fingerprint density at radius 3 is 2.18 bits per heavy atom. The van der Waals surface area contributed by atoms with Gasteiger partial charge in [0.1, 0.15) is 5.82 Å². The number of hydrogen-bond donors (Lipinski definition) is 2. The van der Waals surface area contributed by atoms with E-state index in [-0.39, 0.29) is 17.4 Å². The third-order valence-electron chi connectivity index (χ3n) is 8.64. The molecule has 3 aromatic carbocycles. The third-order valence-corrected chi connectivity index (χ3v) is 8.64. The van der Waals surface area contributed by atoms with Gasteiger partial charge in [0, 0.05) is 30.3 Å². The van der Waals surface area contributed by atoms with E-state index in [1.807, 2.05) is 105 Å². The lowest BCUT2D eigenvalue weighted by atomic mass is 9.82. The number of aryl methyl sites for hydroxylation is 1. The lowest BCUT2D eigenvalue weighted by Gasteiger charge is -2.37. The fraction of sp³-hybridized carbons (Fsp3) is 0.378. The van der Waals surface area contributed by atoms with E-state index >= 15 is 0 Å². The van der Waals surface area contributed by atoms with E-state index < -0.39 is 5.41 Å². The molecule has 1 saturated heterocycles. The molecule has 0 unspecified atom stereocenters. The highest BCUT2D eigenvalue weighted by molar-refractivity contribution is 5.99.